The Kier molecular flexibility index (Phi) is 7.26. The molecule has 0 unspecified atom stereocenters. The zero-order valence-corrected chi connectivity index (χ0v) is 31.8. The summed E-state index contributed by atoms with van der Waals surface area (Å²) >= 11 is 0. The third kappa shape index (κ3) is 5.02. The van der Waals surface area contributed by atoms with Crippen LogP contribution in [0.4, 0.5) is 0 Å². The maximum atomic E-state index is 9.64. The number of para-hydroxylation sites is 5. The highest BCUT2D eigenvalue weighted by Gasteiger charge is 2.21. The molecule has 59 heavy (non-hydrogen) atoms. The second-order valence-corrected chi connectivity index (χ2v) is 15.2. The molecule has 4 nitrogen and oxygen atoms in total. The molecule has 4 heteroatoms. The standard InChI is InChI=1S/C55H33N3O/c56-34-35-12-7-13-37(32-35)38-14-8-15-40(33-38)58-49-24-4-1-16-42(49)45-21-10-22-46(54(45)58)44-20-11-26-51-53(44)48-18-2-5-25-50(48)57(51)39-30-28-36(29-31-39)41-19-9-23-47-43-17-3-6-27-52(43)59-55(41)47/h1-33H. The number of benzene rings is 9. The van der Waals surface area contributed by atoms with E-state index in [-0.39, 0.29) is 0 Å². The SMILES string of the molecule is N#Cc1cccc(-c2cccc(-n3c4ccccc4c4cccc(-c5cccc6c5c5ccccc5n6-c5ccc(-c6cccc7c6oc6ccccc67)cc5)c43)c2)c1. The van der Waals surface area contributed by atoms with Gasteiger partial charge in [0.15, 0.2) is 0 Å². The maximum absolute atomic E-state index is 9.64. The van der Waals surface area contributed by atoms with Crippen LogP contribution in [0, 0.1) is 11.3 Å². The van der Waals surface area contributed by atoms with Gasteiger partial charge >= 0.3 is 0 Å². The molecule has 0 fully saturated rings. The van der Waals surface area contributed by atoms with Crippen molar-refractivity contribution in [3.8, 4) is 50.8 Å². The van der Waals surface area contributed by atoms with Crippen LogP contribution < -0.4 is 0 Å². The van der Waals surface area contributed by atoms with Crippen molar-refractivity contribution in [3.05, 3.63) is 206 Å². The van der Waals surface area contributed by atoms with Crippen LogP contribution in [0.5, 0.6) is 0 Å². The Hall–Kier alpha value is -8.13. The van der Waals surface area contributed by atoms with Crippen molar-refractivity contribution in [3.63, 3.8) is 0 Å². The lowest BCUT2D eigenvalue weighted by Gasteiger charge is -2.14. The van der Waals surface area contributed by atoms with Crippen LogP contribution in [0.1, 0.15) is 5.56 Å². The van der Waals surface area contributed by atoms with Crippen LogP contribution in [0.15, 0.2) is 205 Å². The molecule has 0 aliphatic rings. The summed E-state index contributed by atoms with van der Waals surface area (Å²) in [5, 5.41) is 16.7. The van der Waals surface area contributed by atoms with Gasteiger partial charge in [0.25, 0.3) is 0 Å². The van der Waals surface area contributed by atoms with Crippen molar-refractivity contribution in [2.45, 2.75) is 0 Å². The highest BCUT2D eigenvalue weighted by molar-refractivity contribution is 6.20. The molecule has 0 saturated carbocycles. The molecule has 0 radical (unpaired) electrons. The molecular formula is C55H33N3O. The Morgan fingerprint density at radius 1 is 0.390 bits per heavy atom. The van der Waals surface area contributed by atoms with Crippen LogP contribution in [-0.2, 0) is 0 Å². The first-order valence-corrected chi connectivity index (χ1v) is 19.9. The first-order chi connectivity index (χ1) is 29.2. The van der Waals surface area contributed by atoms with Crippen LogP contribution in [0.2, 0.25) is 0 Å². The minimum absolute atomic E-state index is 0.649. The van der Waals surface area contributed by atoms with E-state index < -0.39 is 0 Å². The third-order valence-electron chi connectivity index (χ3n) is 12.0. The van der Waals surface area contributed by atoms with Gasteiger partial charge in [0, 0.05) is 54.8 Å². The molecule has 0 atom stereocenters. The average Bonchev–Trinajstić information content (AvgIpc) is 3.97. The van der Waals surface area contributed by atoms with E-state index in [0.29, 0.717) is 5.56 Å². The number of furan rings is 1. The fraction of sp³-hybridized carbons (Fsp3) is 0. The lowest BCUT2D eigenvalue weighted by atomic mass is 9.97. The molecule has 12 aromatic rings. The maximum Gasteiger partial charge on any atom is 0.143 e. The van der Waals surface area contributed by atoms with Crippen molar-refractivity contribution in [2.24, 2.45) is 0 Å². The predicted molar refractivity (Wildman–Crippen MR) is 243 cm³/mol. The second-order valence-electron chi connectivity index (χ2n) is 15.2. The summed E-state index contributed by atoms with van der Waals surface area (Å²) in [5.74, 6) is 0. The van der Waals surface area contributed by atoms with Gasteiger partial charge in [-0.1, -0.05) is 140 Å². The Labute approximate surface area is 339 Å². The van der Waals surface area contributed by atoms with E-state index in [2.05, 4.69) is 185 Å². The summed E-state index contributed by atoms with van der Waals surface area (Å²) in [7, 11) is 0. The predicted octanol–water partition coefficient (Wildman–Crippen LogP) is 14.7. The summed E-state index contributed by atoms with van der Waals surface area (Å²) < 4.78 is 11.2. The number of nitrogens with zero attached hydrogens (tertiary/aromatic N) is 3. The van der Waals surface area contributed by atoms with Crippen molar-refractivity contribution in [2.75, 3.05) is 0 Å². The number of fused-ring (bicyclic) bond motifs is 9. The molecule has 3 heterocycles. The van der Waals surface area contributed by atoms with Crippen molar-refractivity contribution >= 4 is 65.6 Å². The molecule has 9 aromatic carbocycles. The van der Waals surface area contributed by atoms with Gasteiger partial charge in [-0.15, -0.1) is 0 Å². The Balaban J connectivity index is 1.06. The number of hydrogen-bond acceptors (Lipinski definition) is 2. The summed E-state index contributed by atoms with van der Waals surface area (Å²) in [6, 6.07) is 73.2. The van der Waals surface area contributed by atoms with Gasteiger partial charge in [0.1, 0.15) is 11.2 Å². The fourth-order valence-electron chi connectivity index (χ4n) is 9.38. The van der Waals surface area contributed by atoms with Gasteiger partial charge in [-0.05, 0) is 82.9 Å². The van der Waals surface area contributed by atoms with E-state index in [1.165, 1.54) is 32.7 Å². The van der Waals surface area contributed by atoms with Gasteiger partial charge in [-0.3, -0.25) is 0 Å². The summed E-state index contributed by atoms with van der Waals surface area (Å²) in [5.41, 5.74) is 15.8. The molecule has 0 bridgehead atoms. The Morgan fingerprint density at radius 3 is 1.83 bits per heavy atom. The number of aromatic nitrogens is 2. The van der Waals surface area contributed by atoms with Crippen LogP contribution in [-0.4, -0.2) is 9.13 Å². The molecule has 274 valence electrons. The van der Waals surface area contributed by atoms with Gasteiger partial charge in [-0.2, -0.15) is 5.26 Å². The molecule has 0 amide bonds. The van der Waals surface area contributed by atoms with Gasteiger partial charge < -0.3 is 13.6 Å². The second kappa shape index (κ2) is 13.0. The van der Waals surface area contributed by atoms with Crippen molar-refractivity contribution in [1.82, 2.24) is 9.13 Å². The van der Waals surface area contributed by atoms with E-state index >= 15 is 0 Å². The first kappa shape index (κ1) is 33.1. The molecule has 0 saturated heterocycles. The summed E-state index contributed by atoms with van der Waals surface area (Å²) in [6.07, 6.45) is 0. The largest absolute Gasteiger partial charge is 0.455 e. The molecule has 12 rings (SSSR count). The van der Waals surface area contributed by atoms with E-state index in [1.807, 2.05) is 30.3 Å². The molecule has 0 N–H and O–H groups in total. The summed E-state index contributed by atoms with van der Waals surface area (Å²) in [4.78, 5) is 0. The lowest BCUT2D eigenvalue weighted by Crippen LogP contribution is -1.96. The fourth-order valence-corrected chi connectivity index (χ4v) is 9.38. The highest BCUT2D eigenvalue weighted by Crippen LogP contribution is 2.44. The minimum atomic E-state index is 0.649. The Morgan fingerprint density at radius 2 is 1.00 bits per heavy atom. The first-order valence-electron chi connectivity index (χ1n) is 19.9. The van der Waals surface area contributed by atoms with Crippen molar-refractivity contribution < 1.29 is 4.42 Å². The average molecular weight is 752 g/mol. The highest BCUT2D eigenvalue weighted by atomic mass is 16.3. The topological polar surface area (TPSA) is 46.8 Å². The van der Waals surface area contributed by atoms with Crippen molar-refractivity contribution in [1.29, 1.82) is 5.26 Å². The lowest BCUT2D eigenvalue weighted by molar-refractivity contribution is 0.670. The molecule has 3 aromatic heterocycles. The quantitative estimate of drug-likeness (QED) is 0.176. The molecule has 0 spiro atoms. The van der Waals surface area contributed by atoms with E-state index in [9.17, 15) is 5.26 Å². The molecule has 0 aliphatic carbocycles. The zero-order chi connectivity index (χ0) is 39.0. The Bertz CT molecular complexity index is 3690. The number of nitriles is 1. The zero-order valence-electron chi connectivity index (χ0n) is 31.8. The number of rotatable bonds is 5. The van der Waals surface area contributed by atoms with E-state index in [4.69, 9.17) is 4.42 Å². The van der Waals surface area contributed by atoms with E-state index in [1.54, 1.807) is 0 Å². The molecule has 0 aliphatic heterocycles. The van der Waals surface area contributed by atoms with Crippen LogP contribution >= 0.6 is 0 Å². The monoisotopic (exact) mass is 751 g/mol. The van der Waals surface area contributed by atoms with Gasteiger partial charge in [0.05, 0.1) is 33.7 Å². The van der Waals surface area contributed by atoms with Gasteiger partial charge in [0.2, 0.25) is 0 Å². The van der Waals surface area contributed by atoms with E-state index in [0.717, 1.165) is 77.6 Å². The summed E-state index contributed by atoms with van der Waals surface area (Å²) in [6.45, 7) is 0. The van der Waals surface area contributed by atoms with Crippen LogP contribution in [0.3, 0.4) is 0 Å². The number of hydrogen-bond donors (Lipinski definition) is 0. The minimum Gasteiger partial charge on any atom is -0.455 e. The van der Waals surface area contributed by atoms with Crippen LogP contribution in [0.25, 0.3) is 110 Å². The normalized spacial score (nSPS) is 11.7. The van der Waals surface area contributed by atoms with Gasteiger partial charge in [-0.25, -0.2) is 0 Å². The third-order valence-corrected chi connectivity index (χ3v) is 12.0. The molecular weight excluding hydrogens is 719 g/mol. The smallest absolute Gasteiger partial charge is 0.143 e.